The molecule has 1 saturated heterocycles. The maximum atomic E-state index is 14.5. The standard InChI is InChI=1S/C23H24F3NO4/c1-30-20(28)18-14-9-15-27(19(18)16-10-5-3-6-11-16)21(29)22(31-2,23(24,25)26)17-12-7-4-8-13-17/h3-8,10-13,18-19H,9,14-15H2,1-2H3/t18-,19-,22+/m0/s1. The Morgan fingerprint density at radius 2 is 1.55 bits per heavy atom. The molecule has 3 atom stereocenters. The summed E-state index contributed by atoms with van der Waals surface area (Å²) in [4.78, 5) is 27.3. The molecule has 0 aliphatic carbocycles. The largest absolute Gasteiger partial charge is 0.469 e. The number of halogens is 3. The third-order valence-corrected chi connectivity index (χ3v) is 5.72. The molecule has 0 unspecified atom stereocenters. The van der Waals surface area contributed by atoms with E-state index in [1.54, 1.807) is 36.4 Å². The zero-order valence-electron chi connectivity index (χ0n) is 17.3. The van der Waals surface area contributed by atoms with Crippen molar-refractivity contribution in [3.63, 3.8) is 0 Å². The van der Waals surface area contributed by atoms with E-state index >= 15 is 0 Å². The van der Waals surface area contributed by atoms with Gasteiger partial charge < -0.3 is 14.4 Å². The Morgan fingerprint density at radius 1 is 0.968 bits per heavy atom. The first-order chi connectivity index (χ1) is 14.8. The third kappa shape index (κ3) is 4.04. The molecule has 1 aliphatic rings. The predicted octanol–water partition coefficient (Wildman–Crippen LogP) is 4.24. The van der Waals surface area contributed by atoms with Gasteiger partial charge in [0.05, 0.1) is 19.1 Å². The minimum atomic E-state index is -5.03. The average molecular weight is 435 g/mol. The van der Waals surface area contributed by atoms with Crippen molar-refractivity contribution in [3.8, 4) is 0 Å². The summed E-state index contributed by atoms with van der Waals surface area (Å²) in [6.45, 7) is 0.0555. The van der Waals surface area contributed by atoms with Gasteiger partial charge in [-0.25, -0.2) is 0 Å². The number of hydrogen-bond acceptors (Lipinski definition) is 4. The predicted molar refractivity (Wildman–Crippen MR) is 107 cm³/mol. The first-order valence-corrected chi connectivity index (χ1v) is 9.89. The normalized spacial score (nSPS) is 21.3. The minimum Gasteiger partial charge on any atom is -0.469 e. The van der Waals surface area contributed by atoms with Gasteiger partial charge in [0.2, 0.25) is 0 Å². The number of hydrogen-bond donors (Lipinski definition) is 0. The van der Waals surface area contributed by atoms with Crippen LogP contribution in [-0.4, -0.2) is 43.7 Å². The molecule has 166 valence electrons. The van der Waals surface area contributed by atoms with Crippen molar-refractivity contribution in [2.75, 3.05) is 20.8 Å². The molecular weight excluding hydrogens is 411 g/mol. The number of esters is 1. The monoisotopic (exact) mass is 435 g/mol. The molecule has 1 fully saturated rings. The van der Waals surface area contributed by atoms with Crippen LogP contribution < -0.4 is 0 Å². The van der Waals surface area contributed by atoms with Gasteiger partial charge in [-0.1, -0.05) is 60.7 Å². The van der Waals surface area contributed by atoms with E-state index in [9.17, 15) is 22.8 Å². The van der Waals surface area contributed by atoms with Gasteiger partial charge in [0.25, 0.3) is 11.5 Å². The first-order valence-electron chi connectivity index (χ1n) is 9.89. The lowest BCUT2D eigenvalue weighted by Gasteiger charge is -2.45. The SMILES string of the molecule is COC(=O)[C@H]1CCCN(C(=O)[C@](OC)(c2ccccc2)C(F)(F)F)[C@H]1c1ccccc1. The highest BCUT2D eigenvalue weighted by atomic mass is 19.4. The Hall–Kier alpha value is -2.87. The van der Waals surface area contributed by atoms with Gasteiger partial charge in [-0.05, 0) is 18.4 Å². The Bertz CT molecular complexity index is 904. The van der Waals surface area contributed by atoms with Gasteiger partial charge in [0, 0.05) is 19.2 Å². The number of nitrogens with zero attached hydrogens (tertiary/aromatic N) is 1. The molecular formula is C23H24F3NO4. The Kier molecular flexibility index (Phi) is 6.69. The quantitative estimate of drug-likeness (QED) is 0.660. The molecule has 1 heterocycles. The van der Waals surface area contributed by atoms with Crippen molar-refractivity contribution in [1.29, 1.82) is 0 Å². The second-order valence-electron chi connectivity index (χ2n) is 7.38. The minimum absolute atomic E-state index is 0.0555. The molecule has 2 aromatic rings. The molecule has 0 aromatic heterocycles. The van der Waals surface area contributed by atoms with Crippen molar-refractivity contribution in [2.24, 2.45) is 5.92 Å². The van der Waals surface area contributed by atoms with Gasteiger partial charge >= 0.3 is 12.1 Å². The number of benzene rings is 2. The highest BCUT2D eigenvalue weighted by Gasteiger charge is 2.64. The molecule has 0 saturated carbocycles. The van der Waals surface area contributed by atoms with Crippen molar-refractivity contribution in [2.45, 2.75) is 30.7 Å². The van der Waals surface area contributed by atoms with Gasteiger partial charge in [-0.3, -0.25) is 9.59 Å². The molecule has 1 amide bonds. The van der Waals surface area contributed by atoms with Crippen molar-refractivity contribution in [1.82, 2.24) is 4.90 Å². The van der Waals surface area contributed by atoms with Gasteiger partial charge in [-0.2, -0.15) is 13.2 Å². The van der Waals surface area contributed by atoms with E-state index in [1.165, 1.54) is 31.4 Å². The number of alkyl halides is 3. The maximum absolute atomic E-state index is 14.5. The summed E-state index contributed by atoms with van der Waals surface area (Å²) in [6.07, 6.45) is -4.27. The molecule has 8 heteroatoms. The number of rotatable bonds is 5. The van der Waals surface area contributed by atoms with Crippen LogP contribution in [0, 0.1) is 5.92 Å². The van der Waals surface area contributed by atoms with E-state index in [1.807, 2.05) is 0 Å². The molecule has 31 heavy (non-hydrogen) atoms. The molecule has 1 aliphatic heterocycles. The van der Waals surface area contributed by atoms with Gasteiger partial charge in [0.1, 0.15) is 0 Å². The number of methoxy groups -OCH3 is 2. The molecule has 0 radical (unpaired) electrons. The summed E-state index contributed by atoms with van der Waals surface area (Å²) >= 11 is 0. The van der Waals surface area contributed by atoms with Gasteiger partial charge in [0.15, 0.2) is 0 Å². The van der Waals surface area contributed by atoms with Crippen LogP contribution in [0.2, 0.25) is 0 Å². The fourth-order valence-corrected chi connectivity index (χ4v) is 4.29. The van der Waals surface area contributed by atoms with E-state index < -0.39 is 35.6 Å². The lowest BCUT2D eigenvalue weighted by molar-refractivity contribution is -0.272. The van der Waals surface area contributed by atoms with Crippen LogP contribution in [0.1, 0.15) is 30.0 Å². The Morgan fingerprint density at radius 3 is 2.06 bits per heavy atom. The van der Waals surface area contributed by atoms with Gasteiger partial charge in [-0.15, -0.1) is 0 Å². The van der Waals surface area contributed by atoms with E-state index in [-0.39, 0.29) is 12.1 Å². The number of likely N-dealkylation sites (tertiary alicyclic amines) is 1. The summed E-state index contributed by atoms with van der Waals surface area (Å²) in [5.74, 6) is -2.61. The molecule has 2 aromatic carbocycles. The first kappa shape index (κ1) is 22.8. The van der Waals surface area contributed by atoms with Crippen LogP contribution in [0.4, 0.5) is 13.2 Å². The lowest BCUT2D eigenvalue weighted by Crippen LogP contribution is -2.59. The third-order valence-electron chi connectivity index (χ3n) is 5.72. The summed E-state index contributed by atoms with van der Waals surface area (Å²) < 4.78 is 53.2. The smallest absolute Gasteiger partial charge is 0.430 e. The van der Waals surface area contributed by atoms with Crippen LogP contribution in [0.15, 0.2) is 60.7 Å². The van der Waals surface area contributed by atoms with Crippen LogP contribution >= 0.6 is 0 Å². The molecule has 0 N–H and O–H groups in total. The van der Waals surface area contributed by atoms with Crippen LogP contribution in [0.25, 0.3) is 0 Å². The van der Waals surface area contributed by atoms with E-state index in [0.29, 0.717) is 18.4 Å². The second kappa shape index (κ2) is 9.09. The summed E-state index contributed by atoms with van der Waals surface area (Å²) in [5.41, 5.74) is -2.95. The molecule has 5 nitrogen and oxygen atoms in total. The Labute approximate surface area is 178 Å². The van der Waals surface area contributed by atoms with E-state index in [2.05, 4.69) is 0 Å². The Balaban J connectivity index is 2.16. The fraction of sp³-hybridized carbons (Fsp3) is 0.391. The number of piperidine rings is 1. The zero-order valence-corrected chi connectivity index (χ0v) is 17.3. The average Bonchev–Trinajstić information content (AvgIpc) is 2.79. The topological polar surface area (TPSA) is 55.8 Å². The molecule has 0 bridgehead atoms. The van der Waals surface area contributed by atoms with Crippen LogP contribution in [0.5, 0.6) is 0 Å². The zero-order chi connectivity index (χ0) is 22.6. The number of amides is 1. The van der Waals surface area contributed by atoms with E-state index in [0.717, 1.165) is 12.0 Å². The van der Waals surface area contributed by atoms with Crippen LogP contribution in [-0.2, 0) is 24.7 Å². The maximum Gasteiger partial charge on any atom is 0.430 e. The highest BCUT2D eigenvalue weighted by molar-refractivity contribution is 5.89. The van der Waals surface area contributed by atoms with E-state index in [4.69, 9.17) is 9.47 Å². The summed E-state index contributed by atoms with van der Waals surface area (Å²) in [6, 6.07) is 14.5. The van der Waals surface area contributed by atoms with Crippen LogP contribution in [0.3, 0.4) is 0 Å². The fourth-order valence-electron chi connectivity index (χ4n) is 4.29. The second-order valence-corrected chi connectivity index (χ2v) is 7.38. The highest BCUT2D eigenvalue weighted by Crippen LogP contribution is 2.47. The number of carbonyl (C=O) groups excluding carboxylic acids is 2. The lowest BCUT2D eigenvalue weighted by atomic mass is 9.82. The summed E-state index contributed by atoms with van der Waals surface area (Å²) in [7, 11) is 2.10. The van der Waals surface area contributed by atoms with Crippen molar-refractivity contribution in [3.05, 3.63) is 71.8 Å². The van der Waals surface area contributed by atoms with Crippen molar-refractivity contribution >= 4 is 11.9 Å². The molecule has 3 rings (SSSR count). The number of ether oxygens (including phenoxy) is 2. The van der Waals surface area contributed by atoms with Crippen molar-refractivity contribution < 1.29 is 32.2 Å². The number of carbonyl (C=O) groups is 2. The summed E-state index contributed by atoms with van der Waals surface area (Å²) in [5, 5.41) is 0. The molecule has 0 spiro atoms.